The number of hydrogen-bond donors (Lipinski definition) is 0. The number of carbonyl (C=O) groups excluding carboxylic acids is 1. The van der Waals surface area contributed by atoms with E-state index >= 15 is 0 Å². The van der Waals surface area contributed by atoms with E-state index in [4.69, 9.17) is 4.74 Å². The van der Waals surface area contributed by atoms with Gasteiger partial charge in [0.2, 0.25) is 0 Å². The van der Waals surface area contributed by atoms with Crippen LogP contribution in [0.25, 0.3) is 0 Å². The van der Waals surface area contributed by atoms with E-state index in [1.165, 1.54) is 0 Å². The standard InChI is InChI=1S/C13H21N3O2/c1-3-18-13(17)11-5-4-7-16(9-11)10-12-6-8-15(2)14-12/h6,8,11H,3-5,7,9-10H2,1-2H3/t11-/m1/s1. The molecule has 0 unspecified atom stereocenters. The van der Waals surface area contributed by atoms with Gasteiger partial charge in [-0.1, -0.05) is 0 Å². The van der Waals surface area contributed by atoms with Crippen LogP contribution in [-0.2, 0) is 23.1 Å². The molecule has 100 valence electrons. The second-order valence-electron chi connectivity index (χ2n) is 4.81. The highest BCUT2D eigenvalue weighted by Crippen LogP contribution is 2.19. The van der Waals surface area contributed by atoms with Crippen molar-refractivity contribution in [1.82, 2.24) is 14.7 Å². The van der Waals surface area contributed by atoms with Crippen molar-refractivity contribution in [2.75, 3.05) is 19.7 Å². The Kier molecular flexibility index (Phi) is 4.36. The van der Waals surface area contributed by atoms with Crippen LogP contribution < -0.4 is 0 Å². The monoisotopic (exact) mass is 251 g/mol. The predicted octanol–water partition coefficient (Wildman–Crippen LogP) is 1.20. The SMILES string of the molecule is CCOC(=O)[C@@H]1CCCN(Cc2ccn(C)n2)C1. The average molecular weight is 251 g/mol. The fourth-order valence-electron chi connectivity index (χ4n) is 2.43. The van der Waals surface area contributed by atoms with Crippen molar-refractivity contribution in [3.8, 4) is 0 Å². The fraction of sp³-hybridized carbons (Fsp3) is 0.692. The molecule has 1 aromatic rings. The zero-order valence-electron chi connectivity index (χ0n) is 11.1. The Morgan fingerprint density at radius 1 is 1.61 bits per heavy atom. The van der Waals surface area contributed by atoms with Gasteiger partial charge in [0.15, 0.2) is 0 Å². The molecule has 0 saturated carbocycles. The Morgan fingerprint density at radius 3 is 3.11 bits per heavy atom. The van der Waals surface area contributed by atoms with Crippen molar-refractivity contribution < 1.29 is 9.53 Å². The molecule has 0 spiro atoms. The predicted molar refractivity (Wildman–Crippen MR) is 67.8 cm³/mol. The second-order valence-corrected chi connectivity index (χ2v) is 4.81. The minimum atomic E-state index is -0.0526. The molecular weight excluding hydrogens is 230 g/mol. The van der Waals surface area contributed by atoms with Gasteiger partial charge in [0, 0.05) is 26.3 Å². The van der Waals surface area contributed by atoms with Gasteiger partial charge in [0.1, 0.15) is 0 Å². The number of ether oxygens (including phenoxy) is 1. The van der Waals surface area contributed by atoms with Crippen LogP contribution in [-0.4, -0.2) is 40.3 Å². The van der Waals surface area contributed by atoms with E-state index in [9.17, 15) is 4.79 Å². The zero-order valence-corrected chi connectivity index (χ0v) is 11.1. The molecule has 1 aliphatic heterocycles. The minimum Gasteiger partial charge on any atom is -0.466 e. The van der Waals surface area contributed by atoms with Crippen LogP contribution in [0.15, 0.2) is 12.3 Å². The maximum absolute atomic E-state index is 11.7. The number of esters is 1. The summed E-state index contributed by atoms with van der Waals surface area (Å²) in [6.45, 7) is 4.96. The van der Waals surface area contributed by atoms with Gasteiger partial charge in [0.25, 0.3) is 0 Å². The third-order valence-corrected chi connectivity index (χ3v) is 3.28. The molecule has 0 radical (unpaired) electrons. The van der Waals surface area contributed by atoms with Gasteiger partial charge in [-0.2, -0.15) is 5.10 Å². The largest absolute Gasteiger partial charge is 0.466 e. The number of aryl methyl sites for hydroxylation is 1. The molecule has 5 heteroatoms. The van der Waals surface area contributed by atoms with E-state index in [-0.39, 0.29) is 11.9 Å². The van der Waals surface area contributed by atoms with Crippen molar-refractivity contribution >= 4 is 5.97 Å². The Bertz CT molecular complexity index is 403. The first-order chi connectivity index (χ1) is 8.69. The van der Waals surface area contributed by atoms with Crippen LogP contribution in [0.4, 0.5) is 0 Å². The molecule has 2 heterocycles. The summed E-state index contributed by atoms with van der Waals surface area (Å²) in [6, 6.07) is 2.02. The summed E-state index contributed by atoms with van der Waals surface area (Å²) in [5.41, 5.74) is 1.06. The van der Waals surface area contributed by atoms with E-state index in [0.717, 1.165) is 38.2 Å². The summed E-state index contributed by atoms with van der Waals surface area (Å²) in [7, 11) is 1.92. The van der Waals surface area contributed by atoms with Gasteiger partial charge in [-0.25, -0.2) is 0 Å². The van der Waals surface area contributed by atoms with Crippen molar-refractivity contribution in [3.05, 3.63) is 18.0 Å². The summed E-state index contributed by atoms with van der Waals surface area (Å²) < 4.78 is 6.91. The second kappa shape index (κ2) is 6.00. The highest BCUT2D eigenvalue weighted by atomic mass is 16.5. The molecular formula is C13H21N3O2. The lowest BCUT2D eigenvalue weighted by atomic mass is 9.98. The molecule has 0 aliphatic carbocycles. The lowest BCUT2D eigenvalue weighted by Crippen LogP contribution is -2.39. The van der Waals surface area contributed by atoms with Crippen molar-refractivity contribution in [1.29, 1.82) is 0 Å². The van der Waals surface area contributed by atoms with E-state index in [2.05, 4.69) is 10.00 Å². The van der Waals surface area contributed by atoms with Crippen LogP contribution in [0, 0.1) is 5.92 Å². The third kappa shape index (κ3) is 3.32. The number of likely N-dealkylation sites (tertiary alicyclic amines) is 1. The summed E-state index contributed by atoms with van der Waals surface area (Å²) in [4.78, 5) is 14.0. The number of nitrogens with zero attached hydrogens (tertiary/aromatic N) is 3. The number of hydrogen-bond acceptors (Lipinski definition) is 4. The molecule has 1 aromatic heterocycles. The lowest BCUT2D eigenvalue weighted by Gasteiger charge is -2.30. The first kappa shape index (κ1) is 13.1. The van der Waals surface area contributed by atoms with Crippen LogP contribution in [0.3, 0.4) is 0 Å². The van der Waals surface area contributed by atoms with Crippen LogP contribution in [0.2, 0.25) is 0 Å². The molecule has 0 N–H and O–H groups in total. The van der Waals surface area contributed by atoms with E-state index in [1.54, 1.807) is 0 Å². The molecule has 5 nitrogen and oxygen atoms in total. The highest BCUT2D eigenvalue weighted by Gasteiger charge is 2.26. The van der Waals surface area contributed by atoms with Crippen molar-refractivity contribution in [3.63, 3.8) is 0 Å². The zero-order chi connectivity index (χ0) is 13.0. The smallest absolute Gasteiger partial charge is 0.310 e. The van der Waals surface area contributed by atoms with Gasteiger partial charge >= 0.3 is 5.97 Å². The molecule has 0 bridgehead atoms. The van der Waals surface area contributed by atoms with Crippen LogP contribution >= 0.6 is 0 Å². The molecule has 1 fully saturated rings. The first-order valence-electron chi connectivity index (χ1n) is 6.56. The van der Waals surface area contributed by atoms with Gasteiger partial charge < -0.3 is 4.74 Å². The summed E-state index contributed by atoms with van der Waals surface area (Å²) in [5, 5.41) is 4.37. The normalized spacial score (nSPS) is 20.9. The molecule has 1 atom stereocenters. The molecule has 0 aromatic carbocycles. The first-order valence-corrected chi connectivity index (χ1v) is 6.56. The number of piperidine rings is 1. The minimum absolute atomic E-state index is 0.0300. The maximum Gasteiger partial charge on any atom is 0.310 e. The van der Waals surface area contributed by atoms with E-state index in [1.807, 2.05) is 30.9 Å². The molecule has 0 amide bonds. The molecule has 1 aliphatic rings. The molecule has 18 heavy (non-hydrogen) atoms. The van der Waals surface area contributed by atoms with E-state index in [0.29, 0.717) is 6.61 Å². The van der Waals surface area contributed by atoms with E-state index < -0.39 is 0 Å². The molecule has 2 rings (SSSR count). The Balaban J connectivity index is 1.88. The number of rotatable bonds is 4. The van der Waals surface area contributed by atoms with Crippen LogP contribution in [0.5, 0.6) is 0 Å². The average Bonchev–Trinajstić information content (AvgIpc) is 2.75. The lowest BCUT2D eigenvalue weighted by molar-refractivity contribution is -0.150. The third-order valence-electron chi connectivity index (χ3n) is 3.28. The Morgan fingerprint density at radius 2 is 2.44 bits per heavy atom. The Labute approximate surface area is 108 Å². The van der Waals surface area contributed by atoms with Crippen molar-refractivity contribution in [2.24, 2.45) is 13.0 Å². The van der Waals surface area contributed by atoms with Gasteiger partial charge in [0.05, 0.1) is 18.2 Å². The quantitative estimate of drug-likeness (QED) is 0.754. The highest BCUT2D eigenvalue weighted by molar-refractivity contribution is 5.72. The van der Waals surface area contributed by atoms with Gasteiger partial charge in [-0.15, -0.1) is 0 Å². The topological polar surface area (TPSA) is 47.4 Å². The molecule has 1 saturated heterocycles. The number of carbonyl (C=O) groups is 1. The van der Waals surface area contributed by atoms with Crippen LogP contribution in [0.1, 0.15) is 25.5 Å². The van der Waals surface area contributed by atoms with Gasteiger partial charge in [-0.05, 0) is 32.4 Å². The van der Waals surface area contributed by atoms with Crippen molar-refractivity contribution in [2.45, 2.75) is 26.3 Å². The Hall–Kier alpha value is -1.36. The van der Waals surface area contributed by atoms with Gasteiger partial charge in [-0.3, -0.25) is 14.4 Å². The summed E-state index contributed by atoms with van der Waals surface area (Å²) in [5.74, 6) is -0.0226. The maximum atomic E-state index is 11.7. The summed E-state index contributed by atoms with van der Waals surface area (Å²) >= 11 is 0. The fourth-order valence-corrected chi connectivity index (χ4v) is 2.43. The number of aromatic nitrogens is 2. The summed E-state index contributed by atoms with van der Waals surface area (Å²) in [6.07, 6.45) is 3.94.